The Bertz CT molecular complexity index is 4920. The van der Waals surface area contributed by atoms with Gasteiger partial charge in [0.1, 0.15) is 0 Å². The molecule has 0 atom stereocenters. The molecule has 14 rings (SSSR count). The van der Waals surface area contributed by atoms with Crippen LogP contribution in [0.25, 0.3) is 78.0 Å². The molecule has 0 radical (unpaired) electrons. The second-order valence-electron chi connectivity index (χ2n) is 21.2. The maximum atomic E-state index is 9.49. The Morgan fingerprint density at radius 1 is 0.679 bits per heavy atom. The molecule has 0 unspecified atom stereocenters. The molecule has 3 aliphatic rings. The number of anilines is 4. The van der Waals surface area contributed by atoms with Crippen LogP contribution in [0.1, 0.15) is 74.7 Å². The van der Waals surface area contributed by atoms with Crippen molar-refractivity contribution >= 4 is 46.4 Å². The molecule has 2 aromatic heterocycles. The van der Waals surface area contributed by atoms with E-state index in [1.807, 2.05) is 143 Å². The van der Waals surface area contributed by atoms with Gasteiger partial charge in [0.2, 0.25) is 0 Å². The molecular formula is C70H56BN5OPt-2. The molecule has 78 heavy (non-hydrogen) atoms. The Morgan fingerprint density at radius 3 is 2.15 bits per heavy atom. The minimum absolute atomic E-state index is 0.00115. The van der Waals surface area contributed by atoms with Crippen molar-refractivity contribution in [2.24, 2.45) is 5.92 Å². The predicted molar refractivity (Wildman–Crippen MR) is 318 cm³/mol. The van der Waals surface area contributed by atoms with Gasteiger partial charge in [-0.3, -0.25) is 0 Å². The molecule has 6 nitrogen and oxygen atoms in total. The normalized spacial score (nSPS) is 15.9. The van der Waals surface area contributed by atoms with Gasteiger partial charge in [0, 0.05) is 11.3 Å². The van der Waals surface area contributed by atoms with Crippen LogP contribution in [-0.4, -0.2) is 21.1 Å². The third-order valence-electron chi connectivity index (χ3n) is 15.0. The van der Waals surface area contributed by atoms with E-state index in [9.17, 15) is 9.60 Å². The summed E-state index contributed by atoms with van der Waals surface area (Å²) in [5, 5.41) is 0. The van der Waals surface area contributed by atoms with Crippen LogP contribution in [0, 0.1) is 35.6 Å². The summed E-state index contributed by atoms with van der Waals surface area (Å²) in [5.74, 6) is -0.118. The van der Waals surface area contributed by atoms with E-state index in [1.165, 1.54) is 12.1 Å². The van der Waals surface area contributed by atoms with E-state index in [4.69, 9.17) is 17.9 Å². The molecule has 11 aromatic rings. The van der Waals surface area contributed by atoms with Crippen LogP contribution >= 0.6 is 0 Å². The van der Waals surface area contributed by atoms with Gasteiger partial charge in [0.05, 0.1) is 0 Å². The summed E-state index contributed by atoms with van der Waals surface area (Å²) in [6.07, 6.45) is -1.85. The molecule has 382 valence electrons. The maximum absolute atomic E-state index is 9.49. The first-order valence-corrected chi connectivity index (χ1v) is 27.1. The van der Waals surface area contributed by atoms with Crippen LogP contribution in [0.2, 0.25) is 0 Å². The molecule has 8 heteroatoms. The number of aromatic nitrogens is 3. The Balaban J connectivity index is 1.04. The number of aryl methyl sites for hydroxylation is 2. The fourth-order valence-corrected chi connectivity index (χ4v) is 12.7. The Kier molecular flexibility index (Phi) is 8.51. The fraction of sp³-hybridized carbons (Fsp3) is 0.143. The number of benzene rings is 9. The molecule has 0 amide bonds. The molecule has 0 N–H and O–H groups in total. The van der Waals surface area contributed by atoms with Gasteiger partial charge < -0.3 is 0 Å². The van der Waals surface area contributed by atoms with Gasteiger partial charge in [0.15, 0.2) is 0 Å². The van der Waals surface area contributed by atoms with Crippen LogP contribution in [0.15, 0.2) is 194 Å². The van der Waals surface area contributed by atoms with Crippen molar-refractivity contribution in [2.45, 2.75) is 60.1 Å². The number of hydrogen-bond donors (Lipinski definition) is 0. The van der Waals surface area contributed by atoms with Crippen molar-refractivity contribution in [2.75, 3.05) is 9.62 Å². The van der Waals surface area contributed by atoms with Gasteiger partial charge in [-0.15, -0.1) is 6.07 Å². The molecule has 5 heterocycles. The number of hydrogen-bond acceptors (Lipinski definition) is 4. The van der Waals surface area contributed by atoms with E-state index in [0.29, 0.717) is 71.1 Å². The molecule has 0 bridgehead atoms. The number of rotatable bonds is 9. The summed E-state index contributed by atoms with van der Waals surface area (Å²) in [7, 11) is 0. The van der Waals surface area contributed by atoms with E-state index in [0.717, 1.165) is 39.1 Å². The van der Waals surface area contributed by atoms with Gasteiger partial charge in [-0.1, -0.05) is 30.3 Å². The summed E-state index contributed by atoms with van der Waals surface area (Å²) < 4.78 is 130. The first-order valence-electron chi connectivity index (χ1n) is 32.4. The number of pyridine rings is 1. The summed E-state index contributed by atoms with van der Waals surface area (Å²) in [5.41, 5.74) is 11.4. The molecule has 0 aliphatic carbocycles. The van der Waals surface area contributed by atoms with Gasteiger partial charge in [-0.25, -0.2) is 0 Å². The van der Waals surface area contributed by atoms with Crippen molar-refractivity contribution in [3.05, 3.63) is 232 Å². The summed E-state index contributed by atoms with van der Waals surface area (Å²) in [4.78, 5) is 9.66. The summed E-state index contributed by atoms with van der Waals surface area (Å²) in [6, 6.07) is 54.8. The van der Waals surface area contributed by atoms with Crippen LogP contribution in [-0.2, 0) is 31.1 Å². The SMILES string of the molecule is [2H]c1c([2H])c([2H])c(-c2cc(C([2H])([2H])[2H])cc(-c3ccc(C(C)(C)C)cc3)c2-n2[c](=[Pt])n(-c3[c-]c(Oc4cc(C([2H])([2H])[2H])c5c(n4)N4B6c7c(cccc7-5)-c5ccccc5N6c5ccc[c-]c54)c(-c4ccccc4C([2H])([2H])C(C)C)cc3)c3ccccc32)c([2H])c1[2H]. The van der Waals surface area contributed by atoms with Crippen molar-refractivity contribution in [1.82, 2.24) is 14.1 Å². The average Bonchev–Trinajstić information content (AvgIpc) is 1.59. The van der Waals surface area contributed by atoms with Crippen molar-refractivity contribution in [1.29, 1.82) is 0 Å². The standard InChI is InChI=1S/C70H56BN5O.Pt/c1-44(2)38-49-22-11-12-23-52(49)54-37-36-51(73-43-74(61-29-16-15-28-60(61)73)68-57(47-20-9-8-10-21-47)39-45(3)40-58(68)48-32-34-50(35-33-48)70(5,6)7)42-64(54)77-65-41-46(4)66-56-26-19-25-55-53-24-13-14-27-59(53)75-62-30-17-18-31-63(62)76(69(66)72-65)71(75)67(55)56;/h8-30,32-37,39-41,44H,38H2,1-7H3;/q-2;/i3D3,4D3,8D,9D,10D,20D,21D,38D2;. The molecule has 0 saturated heterocycles. The van der Waals surface area contributed by atoms with Crippen LogP contribution in [0.4, 0.5) is 22.9 Å². The number of imidazole rings is 1. The third kappa shape index (κ3) is 7.64. The molecule has 0 spiro atoms. The summed E-state index contributed by atoms with van der Waals surface area (Å²) in [6.45, 7) is 4.01. The number of nitrogens with zero attached hydrogens (tertiary/aromatic N) is 5. The van der Waals surface area contributed by atoms with Crippen molar-refractivity contribution < 1.29 is 41.9 Å². The van der Waals surface area contributed by atoms with E-state index in [-0.39, 0.29) is 39.3 Å². The number of fused-ring (bicyclic) bond motifs is 10. The van der Waals surface area contributed by atoms with Crippen molar-refractivity contribution in [3.63, 3.8) is 0 Å². The van der Waals surface area contributed by atoms with Gasteiger partial charge >= 0.3 is 417 Å². The van der Waals surface area contributed by atoms with Gasteiger partial charge in [-0.2, -0.15) is 12.1 Å². The number of para-hydroxylation sites is 4. The predicted octanol–water partition coefficient (Wildman–Crippen LogP) is 17.0. The monoisotopic (exact) mass is 1200 g/mol. The second-order valence-corrected chi connectivity index (χ2v) is 22.2. The van der Waals surface area contributed by atoms with Crippen molar-refractivity contribution in [3.8, 4) is 78.6 Å². The first kappa shape index (κ1) is 36.0. The zero-order valence-electron chi connectivity index (χ0n) is 56.2. The quantitative estimate of drug-likeness (QED) is 0.107. The molecular weight excluding hydrogens is 1130 g/mol. The average molecular weight is 1200 g/mol. The Labute approximate surface area is 486 Å². The minimum atomic E-state index is -2.71. The van der Waals surface area contributed by atoms with E-state index in [1.54, 1.807) is 18.2 Å². The van der Waals surface area contributed by atoms with E-state index < -0.39 is 63.2 Å². The topological polar surface area (TPSA) is 38.5 Å². The second kappa shape index (κ2) is 18.5. The fourth-order valence-electron chi connectivity index (χ4n) is 11.6. The molecule has 9 aromatic carbocycles. The van der Waals surface area contributed by atoms with Crippen LogP contribution in [0.3, 0.4) is 0 Å². The van der Waals surface area contributed by atoms with Crippen LogP contribution < -0.4 is 19.8 Å². The summed E-state index contributed by atoms with van der Waals surface area (Å²) >= 11 is 2.18. The van der Waals surface area contributed by atoms with E-state index in [2.05, 4.69) is 75.3 Å². The first-order chi connectivity index (χ1) is 43.2. The number of ether oxygens (including phenoxy) is 1. The Morgan fingerprint density at radius 2 is 1.38 bits per heavy atom. The van der Waals surface area contributed by atoms with Crippen LogP contribution in [0.5, 0.6) is 11.6 Å². The molecule has 0 fully saturated rings. The van der Waals surface area contributed by atoms with Gasteiger partial charge in [-0.05, 0) is 11.6 Å². The van der Waals surface area contributed by atoms with E-state index >= 15 is 0 Å². The van der Waals surface area contributed by atoms with Gasteiger partial charge in [0.25, 0.3) is 0 Å². The molecule has 0 saturated carbocycles. The Hall–Kier alpha value is -8.25. The molecule has 3 aliphatic heterocycles. The third-order valence-corrected chi connectivity index (χ3v) is 16.0. The zero-order valence-corrected chi connectivity index (χ0v) is 45.5. The zero-order chi connectivity index (χ0) is 64.3.